The molecule has 2 aliphatic carbocycles. The lowest BCUT2D eigenvalue weighted by Gasteiger charge is -2.14. The van der Waals surface area contributed by atoms with Crippen molar-refractivity contribution in [1.29, 1.82) is 0 Å². The minimum Gasteiger partial charge on any atom is -0.391 e. The van der Waals surface area contributed by atoms with Gasteiger partial charge in [0.05, 0.1) is 18.3 Å². The highest BCUT2D eigenvalue weighted by atomic mass is 16.3. The van der Waals surface area contributed by atoms with Crippen LogP contribution in [-0.4, -0.2) is 32.2 Å². The average molecular weight is 264 g/mol. The quantitative estimate of drug-likeness (QED) is 0.783. The summed E-state index contributed by atoms with van der Waals surface area (Å²) in [5.41, 5.74) is 0.972. The number of hydrogen-bond acceptors (Lipinski definition) is 4. The summed E-state index contributed by atoms with van der Waals surface area (Å²) < 4.78 is 1.78. The molecule has 5 nitrogen and oxygen atoms in total. The molecule has 3 rings (SSSR count). The van der Waals surface area contributed by atoms with Gasteiger partial charge in [0.15, 0.2) is 0 Å². The summed E-state index contributed by atoms with van der Waals surface area (Å²) in [6, 6.07) is 0.693. The SMILES string of the molecule is OC(CC1CCCC1)Cn1cc(CNC2CC2)nn1. The van der Waals surface area contributed by atoms with Gasteiger partial charge in [0, 0.05) is 18.8 Å². The van der Waals surface area contributed by atoms with Gasteiger partial charge < -0.3 is 10.4 Å². The Labute approximate surface area is 114 Å². The maximum Gasteiger partial charge on any atom is 0.0964 e. The van der Waals surface area contributed by atoms with Crippen molar-refractivity contribution in [2.24, 2.45) is 5.92 Å². The molecule has 0 aromatic carbocycles. The molecule has 1 heterocycles. The van der Waals surface area contributed by atoms with E-state index in [1.54, 1.807) is 4.68 Å². The minimum absolute atomic E-state index is 0.283. The third-order valence-electron chi connectivity index (χ3n) is 4.21. The fourth-order valence-electron chi connectivity index (χ4n) is 2.97. The van der Waals surface area contributed by atoms with Gasteiger partial charge in [-0.2, -0.15) is 0 Å². The van der Waals surface area contributed by atoms with E-state index in [0.29, 0.717) is 12.6 Å². The molecule has 1 atom stereocenters. The summed E-state index contributed by atoms with van der Waals surface area (Å²) in [6.07, 6.45) is 10.4. The van der Waals surface area contributed by atoms with E-state index in [4.69, 9.17) is 0 Å². The van der Waals surface area contributed by atoms with E-state index in [1.165, 1.54) is 38.5 Å². The maximum absolute atomic E-state index is 10.1. The van der Waals surface area contributed by atoms with Crippen molar-refractivity contribution in [2.45, 2.75) is 70.2 Å². The van der Waals surface area contributed by atoms with Gasteiger partial charge in [0.2, 0.25) is 0 Å². The Morgan fingerprint density at radius 2 is 2.11 bits per heavy atom. The van der Waals surface area contributed by atoms with Crippen LogP contribution in [0.2, 0.25) is 0 Å². The van der Waals surface area contributed by atoms with Crippen LogP contribution in [-0.2, 0) is 13.1 Å². The predicted molar refractivity (Wildman–Crippen MR) is 72.5 cm³/mol. The van der Waals surface area contributed by atoms with Crippen molar-refractivity contribution in [3.63, 3.8) is 0 Å². The number of hydrogen-bond donors (Lipinski definition) is 2. The topological polar surface area (TPSA) is 63.0 Å². The Hall–Kier alpha value is -0.940. The molecule has 2 saturated carbocycles. The van der Waals surface area contributed by atoms with E-state index in [-0.39, 0.29) is 6.10 Å². The van der Waals surface area contributed by atoms with Gasteiger partial charge in [-0.3, -0.25) is 0 Å². The van der Waals surface area contributed by atoms with Crippen LogP contribution >= 0.6 is 0 Å². The molecule has 2 aliphatic rings. The molecule has 0 bridgehead atoms. The summed E-state index contributed by atoms with van der Waals surface area (Å²) in [5, 5.41) is 21.8. The van der Waals surface area contributed by atoms with Crippen LogP contribution in [0.4, 0.5) is 0 Å². The van der Waals surface area contributed by atoms with E-state index < -0.39 is 0 Å². The maximum atomic E-state index is 10.1. The van der Waals surface area contributed by atoms with Crippen LogP contribution in [0.1, 0.15) is 50.6 Å². The number of aliphatic hydroxyl groups is 1. The van der Waals surface area contributed by atoms with Gasteiger partial charge in [-0.15, -0.1) is 5.10 Å². The molecule has 0 aliphatic heterocycles. The first-order valence-corrected chi connectivity index (χ1v) is 7.60. The molecule has 106 valence electrons. The summed E-state index contributed by atoms with van der Waals surface area (Å²) in [5.74, 6) is 0.717. The van der Waals surface area contributed by atoms with Crippen molar-refractivity contribution in [3.05, 3.63) is 11.9 Å². The first-order valence-electron chi connectivity index (χ1n) is 7.60. The molecule has 2 fully saturated rings. The highest BCUT2D eigenvalue weighted by Crippen LogP contribution is 2.28. The number of aromatic nitrogens is 3. The minimum atomic E-state index is -0.283. The Kier molecular flexibility index (Phi) is 4.13. The van der Waals surface area contributed by atoms with E-state index in [0.717, 1.165) is 24.6 Å². The zero-order valence-electron chi connectivity index (χ0n) is 11.5. The first kappa shape index (κ1) is 13.1. The Balaban J connectivity index is 1.42. The van der Waals surface area contributed by atoms with Crippen LogP contribution in [0.3, 0.4) is 0 Å². The molecule has 0 spiro atoms. The van der Waals surface area contributed by atoms with Gasteiger partial charge in [-0.1, -0.05) is 30.9 Å². The van der Waals surface area contributed by atoms with Crippen LogP contribution in [0.15, 0.2) is 6.20 Å². The molecule has 0 radical (unpaired) electrons. The van der Waals surface area contributed by atoms with Gasteiger partial charge >= 0.3 is 0 Å². The zero-order valence-corrected chi connectivity index (χ0v) is 11.5. The predicted octanol–water partition coefficient (Wildman–Crippen LogP) is 1.47. The lowest BCUT2D eigenvalue weighted by Crippen LogP contribution is -2.19. The summed E-state index contributed by atoms with van der Waals surface area (Å²) >= 11 is 0. The zero-order chi connectivity index (χ0) is 13.1. The second-order valence-corrected chi connectivity index (χ2v) is 6.13. The Morgan fingerprint density at radius 3 is 2.84 bits per heavy atom. The van der Waals surface area contributed by atoms with Crippen molar-refractivity contribution < 1.29 is 5.11 Å². The standard InChI is InChI=1S/C14H24N4O/c19-14(7-11-3-1-2-4-11)10-18-9-13(16-17-18)8-15-12-5-6-12/h9,11-12,14-15,19H,1-8,10H2. The molecule has 2 N–H and O–H groups in total. The summed E-state index contributed by atoms with van der Waals surface area (Å²) in [4.78, 5) is 0. The third-order valence-corrected chi connectivity index (χ3v) is 4.21. The molecular formula is C14H24N4O. The Bertz CT molecular complexity index is 396. The monoisotopic (exact) mass is 264 g/mol. The van der Waals surface area contributed by atoms with E-state index in [1.807, 2.05) is 6.20 Å². The van der Waals surface area contributed by atoms with E-state index in [9.17, 15) is 5.11 Å². The number of nitrogens with one attached hydrogen (secondary N) is 1. The van der Waals surface area contributed by atoms with Crippen LogP contribution in [0.25, 0.3) is 0 Å². The van der Waals surface area contributed by atoms with Gasteiger partial charge in [-0.25, -0.2) is 4.68 Å². The second kappa shape index (κ2) is 6.01. The number of nitrogens with zero attached hydrogens (tertiary/aromatic N) is 3. The van der Waals surface area contributed by atoms with Crippen LogP contribution < -0.4 is 5.32 Å². The molecule has 1 unspecified atom stereocenters. The lowest BCUT2D eigenvalue weighted by molar-refractivity contribution is 0.120. The molecule has 5 heteroatoms. The second-order valence-electron chi connectivity index (χ2n) is 6.13. The van der Waals surface area contributed by atoms with E-state index >= 15 is 0 Å². The lowest BCUT2D eigenvalue weighted by atomic mass is 10.0. The molecule has 0 saturated heterocycles. The molecule has 0 amide bonds. The van der Waals surface area contributed by atoms with Crippen LogP contribution in [0.5, 0.6) is 0 Å². The Morgan fingerprint density at radius 1 is 1.32 bits per heavy atom. The first-order chi connectivity index (χ1) is 9.29. The van der Waals surface area contributed by atoms with Crippen molar-refractivity contribution >= 4 is 0 Å². The van der Waals surface area contributed by atoms with Crippen molar-refractivity contribution in [1.82, 2.24) is 20.3 Å². The largest absolute Gasteiger partial charge is 0.391 e. The van der Waals surface area contributed by atoms with E-state index in [2.05, 4.69) is 15.6 Å². The third kappa shape index (κ3) is 4.01. The normalized spacial score (nSPS) is 21.9. The van der Waals surface area contributed by atoms with Gasteiger partial charge in [-0.05, 0) is 25.2 Å². The number of rotatable bonds is 7. The molecule has 1 aromatic rings. The smallest absolute Gasteiger partial charge is 0.0964 e. The van der Waals surface area contributed by atoms with Gasteiger partial charge in [0.25, 0.3) is 0 Å². The van der Waals surface area contributed by atoms with Crippen molar-refractivity contribution in [3.8, 4) is 0 Å². The van der Waals surface area contributed by atoms with Gasteiger partial charge in [0.1, 0.15) is 0 Å². The summed E-state index contributed by atoms with van der Waals surface area (Å²) in [6.45, 7) is 1.37. The highest BCUT2D eigenvalue weighted by Gasteiger charge is 2.21. The van der Waals surface area contributed by atoms with Crippen molar-refractivity contribution in [2.75, 3.05) is 0 Å². The molecular weight excluding hydrogens is 240 g/mol. The highest BCUT2D eigenvalue weighted by molar-refractivity contribution is 4.94. The molecule has 19 heavy (non-hydrogen) atoms. The fraction of sp³-hybridized carbons (Fsp3) is 0.857. The molecule has 1 aromatic heterocycles. The van der Waals surface area contributed by atoms with Crippen LogP contribution in [0, 0.1) is 5.92 Å². The fourth-order valence-corrected chi connectivity index (χ4v) is 2.97. The summed E-state index contributed by atoms with van der Waals surface area (Å²) in [7, 11) is 0. The number of aliphatic hydroxyl groups excluding tert-OH is 1. The average Bonchev–Trinajstić information content (AvgIpc) is 2.88.